The van der Waals surface area contributed by atoms with Crippen LogP contribution in [0.15, 0.2) is 84.9 Å². The van der Waals surface area contributed by atoms with E-state index in [1.165, 1.54) is 5.56 Å². The molecule has 0 aliphatic heterocycles. The molecule has 0 saturated carbocycles. The van der Waals surface area contributed by atoms with Gasteiger partial charge in [0.25, 0.3) is 0 Å². The summed E-state index contributed by atoms with van der Waals surface area (Å²) in [5.41, 5.74) is 2.99. The molecule has 2 atom stereocenters. The van der Waals surface area contributed by atoms with Crippen molar-refractivity contribution in [2.45, 2.75) is 25.4 Å². The number of hydrogen-bond acceptors (Lipinski definition) is 2. The Labute approximate surface area is 165 Å². The number of carbonyl (C=O) groups is 1. The molecular weight excluding hydrogens is 356 g/mol. The monoisotopic (exact) mass is 378 g/mol. The van der Waals surface area contributed by atoms with Gasteiger partial charge in [-0.25, -0.2) is 0 Å². The van der Waals surface area contributed by atoms with E-state index < -0.39 is 0 Å². The predicted octanol–water partition coefficient (Wildman–Crippen LogP) is 5.24. The lowest BCUT2D eigenvalue weighted by Gasteiger charge is -2.24. The zero-order valence-electron chi connectivity index (χ0n) is 15.2. The van der Waals surface area contributed by atoms with Crippen LogP contribution in [0.1, 0.15) is 24.1 Å². The highest BCUT2D eigenvalue weighted by molar-refractivity contribution is 6.33. The third-order valence-electron chi connectivity index (χ3n) is 4.46. The van der Waals surface area contributed by atoms with Crippen LogP contribution in [0.3, 0.4) is 0 Å². The Morgan fingerprint density at radius 1 is 0.889 bits per heavy atom. The molecule has 0 radical (unpaired) electrons. The van der Waals surface area contributed by atoms with Crippen molar-refractivity contribution in [3.8, 4) is 0 Å². The number of hydrogen-bond donors (Lipinski definition) is 2. The molecule has 0 spiro atoms. The van der Waals surface area contributed by atoms with Crippen molar-refractivity contribution in [1.82, 2.24) is 5.32 Å². The molecule has 3 aromatic rings. The lowest BCUT2D eigenvalue weighted by Crippen LogP contribution is -2.41. The summed E-state index contributed by atoms with van der Waals surface area (Å²) < 4.78 is 0. The number of anilines is 1. The smallest absolute Gasteiger partial charge is 0.241 e. The lowest BCUT2D eigenvalue weighted by molar-refractivity contribution is -0.118. The molecule has 3 rings (SSSR count). The van der Waals surface area contributed by atoms with Gasteiger partial charge in [0.15, 0.2) is 0 Å². The van der Waals surface area contributed by atoms with Crippen LogP contribution in [0.5, 0.6) is 0 Å². The topological polar surface area (TPSA) is 41.1 Å². The lowest BCUT2D eigenvalue weighted by atomic mass is 9.98. The molecular formula is C23H23ClN2O. The van der Waals surface area contributed by atoms with E-state index in [1.54, 1.807) is 12.1 Å². The summed E-state index contributed by atoms with van der Waals surface area (Å²) >= 11 is 6.15. The maximum atomic E-state index is 12.7. The van der Waals surface area contributed by atoms with E-state index in [1.807, 2.05) is 55.5 Å². The molecule has 27 heavy (non-hydrogen) atoms. The van der Waals surface area contributed by atoms with E-state index in [0.29, 0.717) is 10.7 Å². The Balaban J connectivity index is 1.73. The maximum absolute atomic E-state index is 12.7. The van der Waals surface area contributed by atoms with Crippen molar-refractivity contribution in [2.24, 2.45) is 0 Å². The van der Waals surface area contributed by atoms with Crippen LogP contribution >= 0.6 is 11.6 Å². The SMILES string of the molecule is CC(NC(Cc1ccccc1)c1ccccc1)C(=O)Nc1ccccc1Cl. The van der Waals surface area contributed by atoms with Gasteiger partial charge in [-0.2, -0.15) is 0 Å². The van der Waals surface area contributed by atoms with Gasteiger partial charge in [0.1, 0.15) is 0 Å². The summed E-state index contributed by atoms with van der Waals surface area (Å²) in [4.78, 5) is 12.7. The van der Waals surface area contributed by atoms with Crippen LogP contribution in [-0.4, -0.2) is 11.9 Å². The molecule has 0 aliphatic carbocycles. The zero-order valence-corrected chi connectivity index (χ0v) is 16.0. The van der Waals surface area contributed by atoms with Crippen molar-refractivity contribution >= 4 is 23.2 Å². The van der Waals surface area contributed by atoms with Crippen LogP contribution < -0.4 is 10.6 Å². The van der Waals surface area contributed by atoms with E-state index in [0.717, 1.165) is 12.0 Å². The van der Waals surface area contributed by atoms with Gasteiger partial charge in [0.05, 0.1) is 16.8 Å². The average Bonchev–Trinajstić information content (AvgIpc) is 2.70. The number of para-hydroxylation sites is 1. The van der Waals surface area contributed by atoms with Gasteiger partial charge in [-0.15, -0.1) is 0 Å². The number of nitrogens with one attached hydrogen (secondary N) is 2. The first kappa shape index (κ1) is 19.2. The number of amides is 1. The van der Waals surface area contributed by atoms with Crippen LogP contribution in [0.25, 0.3) is 0 Å². The molecule has 138 valence electrons. The molecule has 2 N–H and O–H groups in total. The third kappa shape index (κ3) is 5.43. The van der Waals surface area contributed by atoms with Gasteiger partial charge in [-0.1, -0.05) is 84.4 Å². The summed E-state index contributed by atoms with van der Waals surface area (Å²) in [6.07, 6.45) is 0.800. The second-order valence-corrected chi connectivity index (χ2v) is 6.92. The minimum Gasteiger partial charge on any atom is -0.323 e. The van der Waals surface area contributed by atoms with Gasteiger partial charge >= 0.3 is 0 Å². The Kier molecular flexibility index (Phi) is 6.64. The van der Waals surface area contributed by atoms with Crippen molar-refractivity contribution in [1.29, 1.82) is 0 Å². The fourth-order valence-electron chi connectivity index (χ4n) is 2.99. The summed E-state index contributed by atoms with van der Waals surface area (Å²) in [7, 11) is 0. The van der Waals surface area contributed by atoms with Gasteiger partial charge in [0.2, 0.25) is 5.91 Å². The van der Waals surface area contributed by atoms with Gasteiger partial charge in [0, 0.05) is 6.04 Å². The summed E-state index contributed by atoms with van der Waals surface area (Å²) in [6.45, 7) is 1.87. The van der Waals surface area contributed by atoms with Crippen molar-refractivity contribution < 1.29 is 4.79 Å². The highest BCUT2D eigenvalue weighted by Crippen LogP contribution is 2.22. The standard InChI is InChI=1S/C23H23ClN2O/c1-17(23(27)26-21-15-9-8-14-20(21)24)25-22(19-12-6-3-7-13-19)16-18-10-4-2-5-11-18/h2-15,17,22,25H,16H2,1H3,(H,26,27). The van der Waals surface area contributed by atoms with E-state index in [-0.39, 0.29) is 18.0 Å². The highest BCUT2D eigenvalue weighted by atomic mass is 35.5. The quantitative estimate of drug-likeness (QED) is 0.590. The van der Waals surface area contributed by atoms with Crippen molar-refractivity contribution in [2.75, 3.05) is 5.32 Å². The van der Waals surface area contributed by atoms with Crippen LogP contribution in [0.4, 0.5) is 5.69 Å². The highest BCUT2D eigenvalue weighted by Gasteiger charge is 2.20. The molecule has 0 fully saturated rings. The minimum atomic E-state index is -0.379. The molecule has 0 saturated heterocycles. The summed E-state index contributed by atoms with van der Waals surface area (Å²) in [5, 5.41) is 6.89. The first-order valence-corrected chi connectivity index (χ1v) is 9.41. The molecule has 1 amide bonds. The largest absolute Gasteiger partial charge is 0.323 e. The van der Waals surface area contributed by atoms with Gasteiger partial charge in [-0.3, -0.25) is 10.1 Å². The fourth-order valence-corrected chi connectivity index (χ4v) is 3.17. The van der Waals surface area contributed by atoms with E-state index in [9.17, 15) is 4.79 Å². The number of carbonyl (C=O) groups excluding carboxylic acids is 1. The molecule has 3 aromatic carbocycles. The Morgan fingerprint density at radius 2 is 1.48 bits per heavy atom. The second kappa shape index (κ2) is 9.36. The zero-order chi connectivity index (χ0) is 19.1. The Hall–Kier alpha value is -2.62. The first-order chi connectivity index (χ1) is 13.1. The average molecular weight is 379 g/mol. The van der Waals surface area contributed by atoms with Crippen molar-refractivity contribution in [3.05, 3.63) is 101 Å². The van der Waals surface area contributed by atoms with Crippen LogP contribution in [0, 0.1) is 0 Å². The molecule has 0 heterocycles. The predicted molar refractivity (Wildman–Crippen MR) is 112 cm³/mol. The van der Waals surface area contributed by atoms with Crippen molar-refractivity contribution in [3.63, 3.8) is 0 Å². The summed E-state index contributed by atoms with van der Waals surface area (Å²) in [5.74, 6) is -0.114. The minimum absolute atomic E-state index is 0.0283. The third-order valence-corrected chi connectivity index (χ3v) is 4.79. The fraction of sp³-hybridized carbons (Fsp3) is 0.174. The van der Waals surface area contributed by atoms with E-state index >= 15 is 0 Å². The van der Waals surface area contributed by atoms with Crippen LogP contribution in [0.2, 0.25) is 5.02 Å². The first-order valence-electron chi connectivity index (χ1n) is 9.04. The van der Waals surface area contributed by atoms with E-state index in [4.69, 9.17) is 11.6 Å². The molecule has 2 unspecified atom stereocenters. The molecule has 0 bridgehead atoms. The van der Waals surface area contributed by atoms with Gasteiger partial charge < -0.3 is 5.32 Å². The molecule has 0 aromatic heterocycles. The Bertz CT molecular complexity index is 868. The van der Waals surface area contributed by atoms with Gasteiger partial charge in [-0.05, 0) is 36.6 Å². The number of halogens is 1. The number of benzene rings is 3. The molecule has 0 aliphatic rings. The second-order valence-electron chi connectivity index (χ2n) is 6.51. The molecule has 4 heteroatoms. The number of rotatable bonds is 7. The summed E-state index contributed by atoms with van der Waals surface area (Å²) in [6, 6.07) is 27.4. The Morgan fingerprint density at radius 3 is 2.15 bits per heavy atom. The van der Waals surface area contributed by atoms with Crippen LogP contribution in [-0.2, 0) is 11.2 Å². The van der Waals surface area contributed by atoms with E-state index in [2.05, 4.69) is 34.9 Å². The normalized spacial score (nSPS) is 13.0. The maximum Gasteiger partial charge on any atom is 0.241 e. The molecule has 3 nitrogen and oxygen atoms in total.